The summed E-state index contributed by atoms with van der Waals surface area (Å²) in [6, 6.07) is 7.06. The van der Waals surface area contributed by atoms with Crippen molar-refractivity contribution in [1.82, 2.24) is 4.90 Å². The van der Waals surface area contributed by atoms with Crippen LogP contribution in [0.3, 0.4) is 0 Å². The van der Waals surface area contributed by atoms with Crippen LogP contribution in [0.1, 0.15) is 32.4 Å². The van der Waals surface area contributed by atoms with Crippen molar-refractivity contribution in [1.29, 1.82) is 0 Å². The fourth-order valence-corrected chi connectivity index (χ4v) is 2.44. The molecular formula is C14H21ClN2O. The number of rotatable bonds is 4. The van der Waals surface area contributed by atoms with E-state index in [0.29, 0.717) is 5.02 Å². The Labute approximate surface area is 114 Å². The van der Waals surface area contributed by atoms with Crippen LogP contribution in [0.2, 0.25) is 5.02 Å². The van der Waals surface area contributed by atoms with Gasteiger partial charge in [0.2, 0.25) is 5.91 Å². The molecule has 0 aliphatic carbocycles. The average molecular weight is 269 g/mol. The lowest BCUT2D eigenvalue weighted by Crippen LogP contribution is -2.43. The molecule has 18 heavy (non-hydrogen) atoms. The zero-order valence-corrected chi connectivity index (χ0v) is 12.1. The third-order valence-electron chi connectivity index (χ3n) is 3.01. The second kappa shape index (κ2) is 6.21. The minimum absolute atomic E-state index is 0.0581. The molecule has 1 rings (SSSR count). The lowest BCUT2D eigenvalue weighted by atomic mass is 9.94. The highest BCUT2D eigenvalue weighted by molar-refractivity contribution is 6.31. The van der Waals surface area contributed by atoms with Gasteiger partial charge in [0, 0.05) is 12.1 Å². The van der Waals surface area contributed by atoms with Gasteiger partial charge in [-0.3, -0.25) is 4.79 Å². The largest absolute Gasteiger partial charge is 0.337 e. The maximum absolute atomic E-state index is 12.0. The van der Waals surface area contributed by atoms with Crippen molar-refractivity contribution in [3.63, 3.8) is 0 Å². The van der Waals surface area contributed by atoms with E-state index in [2.05, 4.69) is 13.8 Å². The van der Waals surface area contributed by atoms with Gasteiger partial charge in [0.1, 0.15) is 0 Å². The van der Waals surface area contributed by atoms with Gasteiger partial charge in [-0.2, -0.15) is 0 Å². The molecule has 0 saturated carbocycles. The fraction of sp³-hybridized carbons (Fsp3) is 0.500. The monoisotopic (exact) mass is 268 g/mol. The number of carbonyl (C=O) groups is 1. The maximum atomic E-state index is 12.0. The van der Waals surface area contributed by atoms with Crippen LogP contribution >= 0.6 is 11.6 Å². The first-order chi connectivity index (χ1) is 8.36. The number of halogens is 1. The van der Waals surface area contributed by atoms with Crippen LogP contribution < -0.4 is 5.73 Å². The second-order valence-corrected chi connectivity index (χ2v) is 5.36. The summed E-state index contributed by atoms with van der Waals surface area (Å²) < 4.78 is 0. The summed E-state index contributed by atoms with van der Waals surface area (Å²) >= 11 is 6.22. The predicted octanol–water partition coefficient (Wildman–Crippen LogP) is 2.84. The lowest BCUT2D eigenvalue weighted by Gasteiger charge is -2.33. The number of hydrogen-bond donors (Lipinski definition) is 1. The number of carbonyl (C=O) groups excluding carboxylic acids is 1. The standard InChI is InChI=1S/C14H21ClN2O/c1-9(2)13(17(4)14(18)10(3)16)11-7-5-6-8-12(11)15/h5-10,13H,16H2,1-4H3/t10-,13?/m1/s1. The van der Waals surface area contributed by atoms with Gasteiger partial charge in [-0.15, -0.1) is 0 Å². The first-order valence-corrected chi connectivity index (χ1v) is 6.50. The molecule has 0 spiro atoms. The van der Waals surface area contributed by atoms with Crippen LogP contribution in [-0.2, 0) is 4.79 Å². The van der Waals surface area contributed by atoms with Gasteiger partial charge in [0.25, 0.3) is 0 Å². The predicted molar refractivity (Wildman–Crippen MR) is 75.5 cm³/mol. The first kappa shape index (κ1) is 15.0. The lowest BCUT2D eigenvalue weighted by molar-refractivity contribution is -0.134. The van der Waals surface area contributed by atoms with E-state index in [0.717, 1.165) is 5.56 Å². The van der Waals surface area contributed by atoms with E-state index in [1.807, 2.05) is 24.3 Å². The van der Waals surface area contributed by atoms with Gasteiger partial charge in [-0.05, 0) is 24.5 Å². The van der Waals surface area contributed by atoms with E-state index in [4.69, 9.17) is 17.3 Å². The number of likely N-dealkylation sites (N-methyl/N-ethyl adjacent to an activating group) is 1. The molecule has 0 aromatic heterocycles. The van der Waals surface area contributed by atoms with Gasteiger partial charge in [-0.1, -0.05) is 43.6 Å². The normalized spacial score (nSPS) is 14.4. The molecule has 3 nitrogen and oxygen atoms in total. The molecule has 0 radical (unpaired) electrons. The molecular weight excluding hydrogens is 248 g/mol. The maximum Gasteiger partial charge on any atom is 0.239 e. The molecule has 0 fully saturated rings. The number of benzene rings is 1. The summed E-state index contributed by atoms with van der Waals surface area (Å²) in [5.41, 5.74) is 6.63. The summed E-state index contributed by atoms with van der Waals surface area (Å²) in [5.74, 6) is 0.186. The Morgan fingerprint density at radius 2 is 1.83 bits per heavy atom. The van der Waals surface area contributed by atoms with Crippen molar-refractivity contribution in [2.24, 2.45) is 11.7 Å². The Morgan fingerprint density at radius 3 is 2.28 bits per heavy atom. The van der Waals surface area contributed by atoms with Crippen molar-refractivity contribution in [3.05, 3.63) is 34.9 Å². The van der Waals surface area contributed by atoms with Gasteiger partial charge in [0.05, 0.1) is 12.1 Å². The Bertz CT molecular complexity index is 418. The number of amides is 1. The zero-order valence-electron chi connectivity index (χ0n) is 11.4. The Kier molecular flexibility index (Phi) is 5.17. The van der Waals surface area contributed by atoms with Crippen LogP contribution in [0.15, 0.2) is 24.3 Å². The van der Waals surface area contributed by atoms with Crippen molar-refractivity contribution in [3.8, 4) is 0 Å². The minimum atomic E-state index is -0.501. The van der Waals surface area contributed by atoms with Crippen molar-refractivity contribution < 1.29 is 4.79 Å². The quantitative estimate of drug-likeness (QED) is 0.913. The van der Waals surface area contributed by atoms with Crippen LogP contribution in [0, 0.1) is 5.92 Å². The van der Waals surface area contributed by atoms with Crippen LogP contribution in [0.25, 0.3) is 0 Å². The van der Waals surface area contributed by atoms with Crippen molar-refractivity contribution >= 4 is 17.5 Å². The Morgan fingerprint density at radius 1 is 1.28 bits per heavy atom. The molecule has 0 saturated heterocycles. The topological polar surface area (TPSA) is 46.3 Å². The highest BCUT2D eigenvalue weighted by atomic mass is 35.5. The molecule has 1 amide bonds. The third kappa shape index (κ3) is 3.24. The van der Waals surface area contributed by atoms with Crippen LogP contribution in [0.5, 0.6) is 0 Å². The Balaban J connectivity index is 3.12. The van der Waals surface area contributed by atoms with Crippen LogP contribution in [-0.4, -0.2) is 23.9 Å². The van der Waals surface area contributed by atoms with E-state index >= 15 is 0 Å². The molecule has 2 atom stereocenters. The van der Waals surface area contributed by atoms with Crippen molar-refractivity contribution in [2.75, 3.05) is 7.05 Å². The molecule has 1 unspecified atom stereocenters. The molecule has 0 bridgehead atoms. The third-order valence-corrected chi connectivity index (χ3v) is 3.35. The molecule has 1 aromatic carbocycles. The minimum Gasteiger partial charge on any atom is -0.337 e. The molecule has 0 aliphatic rings. The highest BCUT2D eigenvalue weighted by Gasteiger charge is 2.27. The molecule has 1 aromatic rings. The molecule has 4 heteroatoms. The SMILES string of the molecule is CC(C)C(c1ccccc1Cl)N(C)C(=O)[C@@H](C)N. The van der Waals surface area contributed by atoms with Gasteiger partial charge in [-0.25, -0.2) is 0 Å². The van der Waals surface area contributed by atoms with E-state index in [1.165, 1.54) is 0 Å². The van der Waals surface area contributed by atoms with E-state index in [9.17, 15) is 4.79 Å². The number of nitrogens with zero attached hydrogens (tertiary/aromatic N) is 1. The summed E-state index contributed by atoms with van der Waals surface area (Å²) in [6.45, 7) is 5.83. The smallest absolute Gasteiger partial charge is 0.239 e. The van der Waals surface area contributed by atoms with Crippen LogP contribution in [0.4, 0.5) is 0 Å². The number of nitrogens with two attached hydrogens (primary N) is 1. The van der Waals surface area contributed by atoms with Crippen molar-refractivity contribution in [2.45, 2.75) is 32.9 Å². The van der Waals surface area contributed by atoms with E-state index < -0.39 is 6.04 Å². The summed E-state index contributed by atoms with van der Waals surface area (Å²) in [7, 11) is 1.78. The first-order valence-electron chi connectivity index (χ1n) is 6.13. The fourth-order valence-electron chi connectivity index (χ4n) is 2.19. The summed E-state index contributed by atoms with van der Waals surface area (Å²) in [6.07, 6.45) is 0. The second-order valence-electron chi connectivity index (χ2n) is 4.95. The average Bonchev–Trinajstić information content (AvgIpc) is 2.30. The molecule has 0 heterocycles. The number of hydrogen-bond acceptors (Lipinski definition) is 2. The Hall–Kier alpha value is -1.06. The van der Waals surface area contributed by atoms with Gasteiger partial charge >= 0.3 is 0 Å². The van der Waals surface area contributed by atoms with Gasteiger partial charge in [0.15, 0.2) is 0 Å². The van der Waals surface area contributed by atoms with Gasteiger partial charge < -0.3 is 10.6 Å². The molecule has 0 aliphatic heterocycles. The van der Waals surface area contributed by atoms with E-state index in [1.54, 1.807) is 18.9 Å². The molecule has 100 valence electrons. The summed E-state index contributed by atoms with van der Waals surface area (Å²) in [5, 5.41) is 0.681. The molecule has 2 N–H and O–H groups in total. The zero-order chi connectivity index (χ0) is 13.9. The van der Waals surface area contributed by atoms with E-state index in [-0.39, 0.29) is 17.9 Å². The highest BCUT2D eigenvalue weighted by Crippen LogP contribution is 2.32. The summed E-state index contributed by atoms with van der Waals surface area (Å²) in [4.78, 5) is 13.7.